The molecule has 0 aromatic heterocycles. The van der Waals surface area contributed by atoms with Gasteiger partial charge >= 0.3 is 0 Å². The minimum Gasteiger partial charge on any atom is -0.261 e. The van der Waals surface area contributed by atoms with E-state index in [0.717, 1.165) is 5.71 Å². The highest BCUT2D eigenvalue weighted by Crippen LogP contribution is 2.09. The largest absolute Gasteiger partial charge is 0.261 e. The minimum absolute atomic E-state index is 0.526. The molecule has 1 heteroatoms. The van der Waals surface area contributed by atoms with E-state index in [1.165, 1.54) is 18.4 Å². The van der Waals surface area contributed by atoms with Crippen LogP contribution < -0.4 is 0 Å². The first-order chi connectivity index (χ1) is 6.11. The summed E-state index contributed by atoms with van der Waals surface area (Å²) in [5.74, 6) is 0.526. The van der Waals surface area contributed by atoms with Crippen LogP contribution in [-0.4, -0.2) is 5.71 Å². The molecule has 0 spiro atoms. The summed E-state index contributed by atoms with van der Waals surface area (Å²) in [6, 6.07) is 0. The van der Waals surface area contributed by atoms with Gasteiger partial charge in [0, 0.05) is 11.9 Å². The Balaban J connectivity index is 4.40. The van der Waals surface area contributed by atoms with Crippen LogP contribution in [0.1, 0.15) is 40.5 Å². The SMILES string of the molecule is C=C/C(=N\C=C(C)C)C(C)CCC. The molecule has 0 radical (unpaired) electrons. The molecule has 13 heavy (non-hydrogen) atoms. The van der Waals surface area contributed by atoms with Crippen LogP contribution in [0.5, 0.6) is 0 Å². The fraction of sp³-hybridized carbons (Fsp3) is 0.583. The standard InChI is InChI=1S/C12H21N/c1-6-8-11(5)12(7-2)13-9-10(3)4/h7,9,11H,2,6,8H2,1,3-5H3/b13-12+. The molecule has 0 aromatic carbocycles. The van der Waals surface area contributed by atoms with Crippen molar-refractivity contribution in [2.45, 2.75) is 40.5 Å². The lowest BCUT2D eigenvalue weighted by atomic mass is 10.0. The second kappa shape index (κ2) is 6.64. The number of allylic oxidation sites excluding steroid dienone is 2. The molecule has 0 aromatic rings. The Bertz CT molecular complexity index is 207. The van der Waals surface area contributed by atoms with Crippen molar-refractivity contribution in [3.05, 3.63) is 24.4 Å². The van der Waals surface area contributed by atoms with E-state index in [9.17, 15) is 0 Å². The lowest BCUT2D eigenvalue weighted by molar-refractivity contribution is 0.668. The quantitative estimate of drug-likeness (QED) is 0.566. The number of rotatable bonds is 5. The molecule has 0 rings (SSSR count). The van der Waals surface area contributed by atoms with E-state index in [-0.39, 0.29) is 0 Å². The van der Waals surface area contributed by atoms with Gasteiger partial charge in [0.2, 0.25) is 0 Å². The fourth-order valence-corrected chi connectivity index (χ4v) is 1.17. The maximum absolute atomic E-state index is 4.40. The van der Waals surface area contributed by atoms with Crippen molar-refractivity contribution in [3.8, 4) is 0 Å². The molecule has 1 atom stereocenters. The van der Waals surface area contributed by atoms with Gasteiger partial charge in [0.05, 0.1) is 0 Å². The van der Waals surface area contributed by atoms with Gasteiger partial charge in [0.1, 0.15) is 0 Å². The maximum atomic E-state index is 4.40. The first kappa shape index (κ1) is 12.2. The molecular weight excluding hydrogens is 158 g/mol. The predicted octanol–water partition coefficient (Wildman–Crippen LogP) is 3.97. The molecule has 0 aliphatic carbocycles. The van der Waals surface area contributed by atoms with E-state index in [0.29, 0.717) is 5.92 Å². The Morgan fingerprint density at radius 2 is 2.08 bits per heavy atom. The van der Waals surface area contributed by atoms with Crippen molar-refractivity contribution < 1.29 is 0 Å². The zero-order valence-electron chi connectivity index (χ0n) is 9.30. The summed E-state index contributed by atoms with van der Waals surface area (Å²) < 4.78 is 0. The minimum atomic E-state index is 0.526. The number of hydrogen-bond acceptors (Lipinski definition) is 1. The maximum Gasteiger partial charge on any atom is 0.0425 e. The molecule has 0 amide bonds. The van der Waals surface area contributed by atoms with Crippen LogP contribution >= 0.6 is 0 Å². The summed E-state index contributed by atoms with van der Waals surface area (Å²) in [4.78, 5) is 4.40. The number of aliphatic imine (C=N–C) groups is 1. The Morgan fingerprint density at radius 1 is 1.46 bits per heavy atom. The third kappa shape index (κ3) is 5.40. The Kier molecular flexibility index (Phi) is 6.21. The average Bonchev–Trinajstić information content (AvgIpc) is 2.05. The van der Waals surface area contributed by atoms with E-state index < -0.39 is 0 Å². The highest BCUT2D eigenvalue weighted by Gasteiger charge is 2.04. The Hall–Kier alpha value is -0.850. The van der Waals surface area contributed by atoms with E-state index in [1.54, 1.807) is 0 Å². The van der Waals surface area contributed by atoms with Crippen molar-refractivity contribution in [2.24, 2.45) is 10.9 Å². The summed E-state index contributed by atoms with van der Waals surface area (Å²) in [6.07, 6.45) is 6.15. The average molecular weight is 179 g/mol. The molecular formula is C12H21N. The third-order valence-electron chi connectivity index (χ3n) is 1.91. The van der Waals surface area contributed by atoms with Crippen molar-refractivity contribution in [1.29, 1.82) is 0 Å². The fourth-order valence-electron chi connectivity index (χ4n) is 1.17. The van der Waals surface area contributed by atoms with Gasteiger partial charge in [-0.3, -0.25) is 4.99 Å². The smallest absolute Gasteiger partial charge is 0.0425 e. The molecule has 0 bridgehead atoms. The van der Waals surface area contributed by atoms with E-state index in [4.69, 9.17) is 0 Å². The van der Waals surface area contributed by atoms with Crippen LogP contribution in [0.15, 0.2) is 29.4 Å². The first-order valence-corrected chi connectivity index (χ1v) is 4.95. The van der Waals surface area contributed by atoms with Crippen LogP contribution in [0.4, 0.5) is 0 Å². The highest BCUT2D eigenvalue weighted by molar-refractivity contribution is 5.96. The topological polar surface area (TPSA) is 12.4 Å². The van der Waals surface area contributed by atoms with Crippen LogP contribution in [0.3, 0.4) is 0 Å². The van der Waals surface area contributed by atoms with Gasteiger partial charge in [0.25, 0.3) is 0 Å². The molecule has 0 aliphatic rings. The normalized spacial score (nSPS) is 13.7. The van der Waals surface area contributed by atoms with Gasteiger partial charge in [-0.25, -0.2) is 0 Å². The third-order valence-corrected chi connectivity index (χ3v) is 1.91. The predicted molar refractivity (Wildman–Crippen MR) is 61.1 cm³/mol. The van der Waals surface area contributed by atoms with Crippen molar-refractivity contribution in [3.63, 3.8) is 0 Å². The summed E-state index contributed by atoms with van der Waals surface area (Å²) in [7, 11) is 0. The molecule has 0 aliphatic heterocycles. The molecule has 1 unspecified atom stereocenters. The second-order valence-electron chi connectivity index (χ2n) is 3.65. The van der Waals surface area contributed by atoms with Crippen LogP contribution in [-0.2, 0) is 0 Å². The van der Waals surface area contributed by atoms with E-state index in [2.05, 4.69) is 39.3 Å². The molecule has 0 heterocycles. The molecule has 0 N–H and O–H groups in total. The molecule has 74 valence electrons. The summed E-state index contributed by atoms with van der Waals surface area (Å²) in [6.45, 7) is 12.3. The van der Waals surface area contributed by atoms with Crippen LogP contribution in [0, 0.1) is 5.92 Å². The summed E-state index contributed by atoms with van der Waals surface area (Å²) in [5, 5.41) is 0. The van der Waals surface area contributed by atoms with Crippen molar-refractivity contribution in [1.82, 2.24) is 0 Å². The molecule has 0 fully saturated rings. The first-order valence-electron chi connectivity index (χ1n) is 4.95. The van der Waals surface area contributed by atoms with Crippen molar-refractivity contribution in [2.75, 3.05) is 0 Å². The monoisotopic (exact) mass is 179 g/mol. The number of hydrogen-bond donors (Lipinski definition) is 0. The Labute approximate surface area is 82.3 Å². The van der Waals surface area contributed by atoms with Gasteiger partial charge in [0.15, 0.2) is 0 Å². The van der Waals surface area contributed by atoms with E-state index in [1.807, 2.05) is 12.3 Å². The molecule has 1 nitrogen and oxygen atoms in total. The molecule has 0 saturated heterocycles. The van der Waals surface area contributed by atoms with Crippen LogP contribution in [0.2, 0.25) is 0 Å². The van der Waals surface area contributed by atoms with Gasteiger partial charge < -0.3 is 0 Å². The van der Waals surface area contributed by atoms with Gasteiger partial charge in [-0.15, -0.1) is 0 Å². The van der Waals surface area contributed by atoms with Gasteiger partial charge in [-0.2, -0.15) is 0 Å². The van der Waals surface area contributed by atoms with Gasteiger partial charge in [-0.1, -0.05) is 32.4 Å². The van der Waals surface area contributed by atoms with Crippen molar-refractivity contribution >= 4 is 5.71 Å². The Morgan fingerprint density at radius 3 is 2.46 bits per heavy atom. The van der Waals surface area contributed by atoms with E-state index >= 15 is 0 Å². The van der Waals surface area contributed by atoms with Crippen LogP contribution in [0.25, 0.3) is 0 Å². The summed E-state index contributed by atoms with van der Waals surface area (Å²) in [5.41, 5.74) is 2.33. The second-order valence-corrected chi connectivity index (χ2v) is 3.65. The summed E-state index contributed by atoms with van der Waals surface area (Å²) >= 11 is 0. The molecule has 0 saturated carbocycles. The number of nitrogens with zero attached hydrogens (tertiary/aromatic N) is 1. The zero-order valence-corrected chi connectivity index (χ0v) is 9.30. The zero-order chi connectivity index (χ0) is 10.3. The van der Waals surface area contributed by atoms with Gasteiger partial charge in [-0.05, 0) is 32.3 Å². The lowest BCUT2D eigenvalue weighted by Crippen LogP contribution is -2.07. The lowest BCUT2D eigenvalue weighted by Gasteiger charge is -2.08. The highest BCUT2D eigenvalue weighted by atomic mass is 14.7.